The minimum absolute atomic E-state index is 0.0596. The number of fused-ring (bicyclic) bond motifs is 3. The summed E-state index contributed by atoms with van der Waals surface area (Å²) in [6, 6.07) is 15.9. The summed E-state index contributed by atoms with van der Waals surface area (Å²) in [7, 11) is 0. The molecule has 0 N–H and O–H groups in total. The van der Waals surface area contributed by atoms with Crippen molar-refractivity contribution in [3.8, 4) is 0 Å². The van der Waals surface area contributed by atoms with E-state index in [1.54, 1.807) is 15.8 Å². The van der Waals surface area contributed by atoms with Crippen molar-refractivity contribution in [3.63, 3.8) is 0 Å². The van der Waals surface area contributed by atoms with E-state index >= 15 is 0 Å². The Labute approximate surface area is 158 Å². The summed E-state index contributed by atoms with van der Waals surface area (Å²) >= 11 is 3.53. The second kappa shape index (κ2) is 5.75. The summed E-state index contributed by atoms with van der Waals surface area (Å²) in [5.41, 5.74) is 2.64. The highest BCUT2D eigenvalue weighted by Crippen LogP contribution is 2.47. The first-order valence-electron chi connectivity index (χ1n) is 8.35. The highest BCUT2D eigenvalue weighted by molar-refractivity contribution is 9.10. The zero-order valence-electron chi connectivity index (χ0n) is 13.8. The molecule has 1 spiro atoms. The number of ether oxygens (including phenoxy) is 1. The molecule has 1 aromatic heterocycles. The molecule has 5 rings (SSSR count). The van der Waals surface area contributed by atoms with Crippen LogP contribution >= 0.6 is 15.9 Å². The standard InChI is InChI=1S/C19H15BrN4O2/c20-14-6-7-17-16(8-14)19(12-24-15(11-26-19)9-21-22-24)18(25)23(17)10-13-4-2-1-3-5-13/h1-9H,10-12H2. The topological polar surface area (TPSA) is 60.2 Å². The minimum atomic E-state index is -1.06. The van der Waals surface area contributed by atoms with E-state index in [9.17, 15) is 4.79 Å². The number of amides is 1. The molecule has 2 aliphatic heterocycles. The van der Waals surface area contributed by atoms with E-state index in [4.69, 9.17) is 4.74 Å². The van der Waals surface area contributed by atoms with Gasteiger partial charge in [0.2, 0.25) is 0 Å². The lowest BCUT2D eigenvalue weighted by molar-refractivity contribution is -0.153. The van der Waals surface area contributed by atoms with Crippen molar-refractivity contribution in [2.45, 2.75) is 25.3 Å². The number of benzene rings is 2. The first-order chi connectivity index (χ1) is 12.7. The smallest absolute Gasteiger partial charge is 0.266 e. The van der Waals surface area contributed by atoms with Crippen LogP contribution < -0.4 is 4.90 Å². The van der Waals surface area contributed by atoms with E-state index in [0.29, 0.717) is 19.7 Å². The van der Waals surface area contributed by atoms with Crippen molar-refractivity contribution in [2.75, 3.05) is 4.90 Å². The van der Waals surface area contributed by atoms with Crippen molar-refractivity contribution in [3.05, 3.63) is 76.0 Å². The van der Waals surface area contributed by atoms with Gasteiger partial charge in [0.05, 0.1) is 37.3 Å². The van der Waals surface area contributed by atoms with Gasteiger partial charge in [-0.15, -0.1) is 5.10 Å². The van der Waals surface area contributed by atoms with Crippen molar-refractivity contribution < 1.29 is 9.53 Å². The molecule has 0 bridgehead atoms. The molecule has 1 amide bonds. The van der Waals surface area contributed by atoms with Gasteiger partial charge >= 0.3 is 0 Å². The van der Waals surface area contributed by atoms with Crippen molar-refractivity contribution in [1.29, 1.82) is 0 Å². The fourth-order valence-corrected chi connectivity index (χ4v) is 4.06. The van der Waals surface area contributed by atoms with Gasteiger partial charge in [-0.1, -0.05) is 51.5 Å². The number of carbonyl (C=O) groups excluding carboxylic acids is 1. The Balaban J connectivity index is 1.62. The molecule has 0 saturated heterocycles. The molecule has 0 radical (unpaired) electrons. The van der Waals surface area contributed by atoms with E-state index < -0.39 is 5.60 Å². The van der Waals surface area contributed by atoms with Crippen molar-refractivity contribution in [2.24, 2.45) is 0 Å². The summed E-state index contributed by atoms with van der Waals surface area (Å²) < 4.78 is 8.84. The summed E-state index contributed by atoms with van der Waals surface area (Å²) in [5.74, 6) is -0.0596. The van der Waals surface area contributed by atoms with E-state index in [-0.39, 0.29) is 5.91 Å². The minimum Gasteiger partial charge on any atom is -0.352 e. The van der Waals surface area contributed by atoms with Crippen molar-refractivity contribution >= 4 is 27.5 Å². The van der Waals surface area contributed by atoms with Gasteiger partial charge in [-0.05, 0) is 23.8 Å². The van der Waals surface area contributed by atoms with Gasteiger partial charge in [-0.2, -0.15) is 0 Å². The van der Waals surface area contributed by atoms with Gasteiger partial charge in [0.1, 0.15) is 0 Å². The predicted molar refractivity (Wildman–Crippen MR) is 98.3 cm³/mol. The zero-order valence-corrected chi connectivity index (χ0v) is 15.4. The highest BCUT2D eigenvalue weighted by atomic mass is 79.9. The maximum atomic E-state index is 13.5. The SMILES string of the molecule is O=C1N(Cc2ccccc2)c2ccc(Br)cc2C12Cn1nncc1CO2. The van der Waals surface area contributed by atoms with E-state index in [1.807, 2.05) is 48.5 Å². The molecule has 3 heterocycles. The van der Waals surface area contributed by atoms with E-state index in [1.165, 1.54) is 0 Å². The second-order valence-corrected chi connectivity index (χ2v) is 7.45. The monoisotopic (exact) mass is 410 g/mol. The van der Waals surface area contributed by atoms with Crippen LogP contribution in [0.3, 0.4) is 0 Å². The molecule has 1 atom stereocenters. The molecule has 0 saturated carbocycles. The van der Waals surface area contributed by atoms with E-state index in [2.05, 4.69) is 26.2 Å². The Morgan fingerprint density at radius 1 is 1.19 bits per heavy atom. The quantitative estimate of drug-likeness (QED) is 0.651. The van der Waals surface area contributed by atoms with Gasteiger partial charge in [0, 0.05) is 10.0 Å². The maximum Gasteiger partial charge on any atom is 0.266 e. The van der Waals surface area contributed by atoms with Crippen LogP contribution in [0.4, 0.5) is 5.69 Å². The molecule has 2 aromatic carbocycles. The molecule has 0 fully saturated rings. The molecule has 6 nitrogen and oxygen atoms in total. The van der Waals surface area contributed by atoms with Crippen molar-refractivity contribution in [1.82, 2.24) is 15.0 Å². The molecular weight excluding hydrogens is 396 g/mol. The predicted octanol–water partition coefficient (Wildman–Crippen LogP) is 3.01. The van der Waals surface area contributed by atoms with Crippen LogP contribution in [-0.4, -0.2) is 20.9 Å². The molecule has 3 aromatic rings. The zero-order chi connectivity index (χ0) is 17.7. The number of aromatic nitrogens is 3. The van der Waals surface area contributed by atoms with Gasteiger partial charge in [-0.25, -0.2) is 4.68 Å². The average Bonchev–Trinajstić information content (AvgIpc) is 3.20. The number of halogens is 1. The van der Waals surface area contributed by atoms with Crippen LogP contribution in [0.5, 0.6) is 0 Å². The van der Waals surface area contributed by atoms with Gasteiger partial charge in [0.15, 0.2) is 5.60 Å². The summed E-state index contributed by atoms with van der Waals surface area (Å²) in [5, 5.41) is 8.06. The molecule has 1 unspecified atom stereocenters. The molecular formula is C19H15BrN4O2. The molecule has 2 aliphatic rings. The summed E-state index contributed by atoms with van der Waals surface area (Å²) in [6.45, 7) is 1.14. The fraction of sp³-hybridized carbons (Fsp3) is 0.211. The summed E-state index contributed by atoms with van der Waals surface area (Å²) in [6.07, 6.45) is 1.68. The molecule has 7 heteroatoms. The largest absolute Gasteiger partial charge is 0.352 e. The number of nitrogens with zero attached hydrogens (tertiary/aromatic N) is 4. The van der Waals surface area contributed by atoms with Gasteiger partial charge in [-0.3, -0.25) is 4.79 Å². The van der Waals surface area contributed by atoms with Gasteiger partial charge < -0.3 is 9.64 Å². The van der Waals surface area contributed by atoms with Gasteiger partial charge in [0.25, 0.3) is 5.91 Å². The Kier molecular flexibility index (Phi) is 3.48. The normalized spacial score (nSPS) is 21.1. The second-order valence-electron chi connectivity index (χ2n) is 6.54. The molecule has 26 heavy (non-hydrogen) atoms. The number of hydrogen-bond acceptors (Lipinski definition) is 4. The number of rotatable bonds is 2. The number of anilines is 1. The third kappa shape index (κ3) is 2.24. The third-order valence-corrected chi connectivity index (χ3v) is 5.49. The van der Waals surface area contributed by atoms with Crippen LogP contribution in [-0.2, 0) is 34.8 Å². The van der Waals surface area contributed by atoms with E-state index in [0.717, 1.165) is 27.0 Å². The average molecular weight is 411 g/mol. The lowest BCUT2D eigenvalue weighted by Crippen LogP contribution is -2.47. The first-order valence-corrected chi connectivity index (χ1v) is 9.14. The third-order valence-electron chi connectivity index (χ3n) is 5.00. The number of carbonyl (C=O) groups is 1. The Hall–Kier alpha value is -2.51. The lowest BCUT2D eigenvalue weighted by Gasteiger charge is -2.32. The maximum absolute atomic E-state index is 13.5. The van der Waals surface area contributed by atoms with Crippen LogP contribution in [0.2, 0.25) is 0 Å². The lowest BCUT2D eigenvalue weighted by atomic mass is 9.94. The molecule has 0 aliphatic carbocycles. The number of hydrogen-bond donors (Lipinski definition) is 0. The van der Waals surface area contributed by atoms with Crippen LogP contribution in [0.1, 0.15) is 16.8 Å². The highest BCUT2D eigenvalue weighted by Gasteiger charge is 2.54. The van der Waals surface area contributed by atoms with Crippen LogP contribution in [0, 0.1) is 0 Å². The van der Waals surface area contributed by atoms with Crippen LogP contribution in [0.15, 0.2) is 59.2 Å². The fourth-order valence-electron chi connectivity index (χ4n) is 3.70. The Morgan fingerprint density at radius 3 is 2.88 bits per heavy atom. The Morgan fingerprint density at radius 2 is 2.04 bits per heavy atom. The Bertz CT molecular complexity index is 1000. The van der Waals surface area contributed by atoms with Crippen LogP contribution in [0.25, 0.3) is 0 Å². The molecule has 130 valence electrons. The summed E-state index contributed by atoms with van der Waals surface area (Å²) in [4.78, 5) is 15.3. The first kappa shape index (κ1) is 15.7.